The molecule has 7 nitrogen and oxygen atoms in total. The number of nitrogens with two attached hydrogens (primary N) is 1. The number of carbonyl (C=O) groups excluding carboxylic acids is 1. The number of aldehydes is 1. The summed E-state index contributed by atoms with van der Waals surface area (Å²) in [6.07, 6.45) is 5.11. The van der Waals surface area contributed by atoms with Gasteiger partial charge in [-0.15, -0.1) is 0 Å². The van der Waals surface area contributed by atoms with Gasteiger partial charge in [0.15, 0.2) is 12.1 Å². The molecule has 4 rings (SSSR count). The fourth-order valence-corrected chi connectivity index (χ4v) is 4.58. The lowest BCUT2D eigenvalue weighted by atomic mass is 9.97. The van der Waals surface area contributed by atoms with Crippen LogP contribution in [0.1, 0.15) is 40.0 Å². The molecule has 164 valence electrons. The van der Waals surface area contributed by atoms with E-state index < -0.39 is 0 Å². The highest BCUT2D eigenvalue weighted by molar-refractivity contribution is 6.09. The van der Waals surface area contributed by atoms with E-state index in [4.69, 9.17) is 10.2 Å². The Balaban J connectivity index is 1.85. The lowest BCUT2D eigenvalue weighted by Gasteiger charge is -2.29. The number of hydrogen-bond acceptors (Lipinski definition) is 5. The molecule has 2 aromatic heterocycles. The van der Waals surface area contributed by atoms with Crippen molar-refractivity contribution < 1.29 is 9.21 Å². The Bertz CT molecular complexity index is 1130. The van der Waals surface area contributed by atoms with E-state index in [0.29, 0.717) is 17.2 Å². The third-order valence-electron chi connectivity index (χ3n) is 6.35. The van der Waals surface area contributed by atoms with Crippen LogP contribution >= 0.6 is 0 Å². The second-order valence-corrected chi connectivity index (χ2v) is 8.60. The van der Waals surface area contributed by atoms with Crippen molar-refractivity contribution >= 4 is 23.1 Å². The van der Waals surface area contributed by atoms with Crippen molar-refractivity contribution in [2.45, 2.75) is 33.2 Å². The molecular weight excluding hydrogens is 390 g/mol. The van der Waals surface area contributed by atoms with Crippen LogP contribution in [-0.2, 0) is 6.54 Å². The Kier molecular flexibility index (Phi) is 5.87. The molecule has 1 aliphatic rings. The van der Waals surface area contributed by atoms with Gasteiger partial charge in [-0.1, -0.05) is 11.6 Å². The van der Waals surface area contributed by atoms with Crippen LogP contribution in [0.25, 0.3) is 22.3 Å². The number of piperidine rings is 1. The van der Waals surface area contributed by atoms with Crippen molar-refractivity contribution in [2.24, 2.45) is 16.8 Å². The first kappa shape index (κ1) is 21.2. The molecule has 0 aliphatic carbocycles. The molecule has 1 aromatic carbocycles. The Morgan fingerprint density at radius 2 is 2.06 bits per heavy atom. The summed E-state index contributed by atoms with van der Waals surface area (Å²) in [7, 11) is 3.85. The van der Waals surface area contributed by atoms with Crippen molar-refractivity contribution in [3.05, 3.63) is 46.8 Å². The molecule has 0 saturated carbocycles. The molecule has 31 heavy (non-hydrogen) atoms. The molecule has 0 unspecified atom stereocenters. The van der Waals surface area contributed by atoms with Gasteiger partial charge < -0.3 is 25.0 Å². The van der Waals surface area contributed by atoms with Gasteiger partial charge in [0.25, 0.3) is 0 Å². The maximum atomic E-state index is 12.2. The monoisotopic (exact) mass is 421 g/mol. The van der Waals surface area contributed by atoms with E-state index in [2.05, 4.69) is 35.5 Å². The number of likely N-dealkylation sites (tertiary alicyclic amines) is 1. The number of fused-ring (bicyclic) bond motifs is 1. The Morgan fingerprint density at radius 3 is 2.74 bits per heavy atom. The maximum Gasteiger partial charge on any atom is 0.167 e. The number of hydrazone groups is 1. The Labute approximate surface area is 182 Å². The number of benzene rings is 1. The third kappa shape index (κ3) is 3.97. The van der Waals surface area contributed by atoms with E-state index in [-0.39, 0.29) is 5.84 Å². The van der Waals surface area contributed by atoms with Crippen LogP contribution in [0.2, 0.25) is 0 Å². The van der Waals surface area contributed by atoms with Gasteiger partial charge in [-0.25, -0.2) is 0 Å². The van der Waals surface area contributed by atoms with Crippen molar-refractivity contribution in [1.82, 2.24) is 14.9 Å². The van der Waals surface area contributed by atoms with Crippen LogP contribution in [0, 0.1) is 19.8 Å². The second-order valence-electron chi connectivity index (χ2n) is 8.60. The Morgan fingerprint density at radius 1 is 1.32 bits per heavy atom. The largest absolute Gasteiger partial charge is 0.456 e. The molecule has 3 heterocycles. The summed E-state index contributed by atoms with van der Waals surface area (Å²) in [5.74, 6) is 1.53. The SMILES string of the molecule is CN/N=C(/N)c1c(-c2oc3ccc(C)cc3c2C)cn(CC2CCN(C)CC2)c1C=O. The van der Waals surface area contributed by atoms with Gasteiger partial charge in [0.1, 0.15) is 11.3 Å². The summed E-state index contributed by atoms with van der Waals surface area (Å²) in [6.45, 7) is 7.04. The molecule has 3 aromatic rings. The minimum atomic E-state index is 0.276. The smallest absolute Gasteiger partial charge is 0.167 e. The van der Waals surface area contributed by atoms with Gasteiger partial charge in [-0.3, -0.25) is 4.79 Å². The number of nitrogens with one attached hydrogen (secondary N) is 1. The molecule has 1 saturated heterocycles. The highest BCUT2D eigenvalue weighted by Crippen LogP contribution is 2.37. The zero-order valence-corrected chi connectivity index (χ0v) is 18.7. The van der Waals surface area contributed by atoms with Gasteiger partial charge in [0.2, 0.25) is 0 Å². The molecule has 1 fully saturated rings. The molecule has 0 radical (unpaired) electrons. The first-order valence-corrected chi connectivity index (χ1v) is 10.8. The molecule has 1 aliphatic heterocycles. The fraction of sp³-hybridized carbons (Fsp3) is 0.417. The van der Waals surface area contributed by atoms with Gasteiger partial charge >= 0.3 is 0 Å². The van der Waals surface area contributed by atoms with E-state index in [1.165, 1.54) is 5.56 Å². The average Bonchev–Trinajstić information content (AvgIpc) is 3.27. The number of nitrogens with zero attached hydrogens (tertiary/aromatic N) is 3. The predicted octanol–water partition coefficient (Wildman–Crippen LogP) is 3.51. The summed E-state index contributed by atoms with van der Waals surface area (Å²) in [6, 6.07) is 6.15. The summed E-state index contributed by atoms with van der Waals surface area (Å²) in [4.78, 5) is 14.6. The van der Waals surface area contributed by atoms with Gasteiger partial charge in [-0.05, 0) is 64.9 Å². The van der Waals surface area contributed by atoms with Gasteiger partial charge in [-0.2, -0.15) is 5.10 Å². The molecule has 7 heteroatoms. The van der Waals surface area contributed by atoms with Crippen LogP contribution in [0.15, 0.2) is 33.9 Å². The normalized spacial score (nSPS) is 16.2. The van der Waals surface area contributed by atoms with Crippen molar-refractivity contribution in [2.75, 3.05) is 27.2 Å². The standard InChI is InChI=1S/C24H31N5O2/c1-15-5-6-21-18(11-15)16(2)23(31-21)19-13-29(12-17-7-9-28(4)10-8-17)20(14-30)22(19)24(25)27-26-3/h5-6,11,13-14,17,26H,7-10,12H2,1-4H3,(H2,25,27). The van der Waals surface area contributed by atoms with Crippen LogP contribution in [0.4, 0.5) is 0 Å². The molecule has 0 amide bonds. The zero-order chi connectivity index (χ0) is 22.1. The van der Waals surface area contributed by atoms with E-state index in [9.17, 15) is 4.79 Å². The van der Waals surface area contributed by atoms with Crippen LogP contribution < -0.4 is 11.2 Å². The number of furan rings is 1. The molecule has 3 N–H and O–H groups in total. The quantitative estimate of drug-likeness (QED) is 0.275. The first-order valence-electron chi connectivity index (χ1n) is 10.8. The van der Waals surface area contributed by atoms with Crippen molar-refractivity contribution in [3.8, 4) is 11.3 Å². The number of rotatable bonds is 6. The molecule has 0 spiro atoms. The Hall–Kier alpha value is -3.06. The lowest BCUT2D eigenvalue weighted by molar-refractivity contribution is 0.111. The third-order valence-corrected chi connectivity index (χ3v) is 6.35. The number of hydrogen-bond donors (Lipinski definition) is 2. The van der Waals surface area contributed by atoms with E-state index in [0.717, 1.165) is 66.6 Å². The van der Waals surface area contributed by atoms with Crippen LogP contribution in [0.3, 0.4) is 0 Å². The number of amidine groups is 1. The highest BCUT2D eigenvalue weighted by Gasteiger charge is 2.26. The number of aryl methyl sites for hydroxylation is 2. The van der Waals surface area contributed by atoms with Gasteiger partial charge in [0.05, 0.1) is 11.3 Å². The average molecular weight is 422 g/mol. The number of carbonyl (C=O) groups is 1. The van der Waals surface area contributed by atoms with E-state index in [1.807, 2.05) is 29.8 Å². The summed E-state index contributed by atoms with van der Waals surface area (Å²) >= 11 is 0. The van der Waals surface area contributed by atoms with Gasteiger partial charge in [0, 0.05) is 36.3 Å². The highest BCUT2D eigenvalue weighted by atomic mass is 16.3. The molecule has 0 atom stereocenters. The van der Waals surface area contributed by atoms with E-state index in [1.54, 1.807) is 7.05 Å². The first-order chi connectivity index (χ1) is 14.9. The van der Waals surface area contributed by atoms with Crippen molar-refractivity contribution in [1.29, 1.82) is 0 Å². The minimum absolute atomic E-state index is 0.276. The molecule has 0 bridgehead atoms. The van der Waals surface area contributed by atoms with E-state index >= 15 is 0 Å². The van der Waals surface area contributed by atoms with Crippen molar-refractivity contribution in [3.63, 3.8) is 0 Å². The maximum absolute atomic E-state index is 12.2. The topological polar surface area (TPSA) is 88.8 Å². The zero-order valence-electron chi connectivity index (χ0n) is 18.7. The summed E-state index contributed by atoms with van der Waals surface area (Å²) in [5.41, 5.74) is 14.1. The number of aromatic nitrogens is 1. The van der Waals surface area contributed by atoms with Crippen LogP contribution in [0.5, 0.6) is 0 Å². The minimum Gasteiger partial charge on any atom is -0.456 e. The summed E-state index contributed by atoms with van der Waals surface area (Å²) < 4.78 is 8.29. The fourth-order valence-electron chi connectivity index (χ4n) is 4.58. The predicted molar refractivity (Wildman–Crippen MR) is 125 cm³/mol. The second kappa shape index (κ2) is 8.59. The summed E-state index contributed by atoms with van der Waals surface area (Å²) in [5, 5.41) is 5.25. The lowest BCUT2D eigenvalue weighted by Crippen LogP contribution is -2.32. The van der Waals surface area contributed by atoms with Crippen LogP contribution in [-0.4, -0.2) is 48.8 Å². The molecular formula is C24H31N5O2.